The Balaban J connectivity index is 1.94. The number of hydrogen-bond acceptors (Lipinski definition) is 3. The van der Waals surface area contributed by atoms with E-state index >= 15 is 0 Å². The Morgan fingerprint density at radius 3 is 2.39 bits per heavy atom. The van der Waals surface area contributed by atoms with Crippen LogP contribution in [0.15, 0.2) is 48.5 Å². The van der Waals surface area contributed by atoms with Crippen LogP contribution >= 0.6 is 0 Å². The first-order chi connectivity index (χ1) is 11.1. The number of anilines is 1. The molecule has 0 saturated carbocycles. The van der Waals surface area contributed by atoms with Crippen LogP contribution in [0.1, 0.15) is 34.8 Å². The Kier molecular flexibility index (Phi) is 5.92. The fraction of sp³-hybridized carbons (Fsp3) is 0.263. The van der Waals surface area contributed by atoms with Gasteiger partial charge in [0.1, 0.15) is 0 Å². The first-order valence-electron chi connectivity index (χ1n) is 7.71. The second-order valence-electron chi connectivity index (χ2n) is 5.36. The van der Waals surface area contributed by atoms with Gasteiger partial charge in [0.2, 0.25) is 5.91 Å². The molecule has 0 spiro atoms. The summed E-state index contributed by atoms with van der Waals surface area (Å²) in [7, 11) is 0. The van der Waals surface area contributed by atoms with E-state index in [2.05, 4.69) is 5.32 Å². The zero-order chi connectivity index (χ0) is 16.7. The molecule has 0 atom stereocenters. The minimum atomic E-state index is -0.343. The zero-order valence-electron chi connectivity index (χ0n) is 13.5. The fourth-order valence-electron chi connectivity index (χ4n) is 2.15. The van der Waals surface area contributed by atoms with Gasteiger partial charge in [0, 0.05) is 5.69 Å². The molecule has 1 N–H and O–H groups in total. The van der Waals surface area contributed by atoms with Crippen LogP contribution < -0.4 is 5.32 Å². The lowest BCUT2D eigenvalue weighted by molar-refractivity contribution is -0.115. The van der Waals surface area contributed by atoms with Crippen LogP contribution in [0, 0.1) is 6.92 Å². The number of nitrogens with one attached hydrogen (secondary N) is 1. The van der Waals surface area contributed by atoms with Crippen molar-refractivity contribution in [3.05, 3.63) is 65.2 Å². The van der Waals surface area contributed by atoms with Crippen LogP contribution in [0.5, 0.6) is 0 Å². The van der Waals surface area contributed by atoms with Crippen molar-refractivity contribution in [1.29, 1.82) is 0 Å². The molecule has 23 heavy (non-hydrogen) atoms. The Hall–Kier alpha value is -2.62. The van der Waals surface area contributed by atoms with Gasteiger partial charge in [-0.2, -0.15) is 0 Å². The molecular formula is C19H21NO3. The standard InChI is InChI=1S/C19H21NO3/c1-3-12-23-19(22)15-8-10-17(11-9-15)20-18(21)13-16-7-5-4-6-14(16)2/h4-11H,3,12-13H2,1-2H3,(H,20,21). The predicted octanol–water partition coefficient (Wildman–Crippen LogP) is 3.74. The molecule has 0 aliphatic rings. The summed E-state index contributed by atoms with van der Waals surface area (Å²) in [5.41, 5.74) is 3.24. The normalized spacial score (nSPS) is 10.2. The van der Waals surface area contributed by atoms with Crippen molar-refractivity contribution in [1.82, 2.24) is 0 Å². The number of carbonyl (C=O) groups excluding carboxylic acids is 2. The molecular weight excluding hydrogens is 290 g/mol. The van der Waals surface area contributed by atoms with Crippen molar-refractivity contribution in [2.24, 2.45) is 0 Å². The molecule has 4 nitrogen and oxygen atoms in total. The summed E-state index contributed by atoms with van der Waals surface area (Å²) in [5, 5.41) is 2.84. The van der Waals surface area contributed by atoms with Crippen molar-refractivity contribution < 1.29 is 14.3 Å². The molecule has 0 aliphatic heterocycles. The number of benzene rings is 2. The highest BCUT2D eigenvalue weighted by Crippen LogP contribution is 2.13. The third-order valence-electron chi connectivity index (χ3n) is 3.45. The van der Waals surface area contributed by atoms with Crippen molar-refractivity contribution >= 4 is 17.6 Å². The van der Waals surface area contributed by atoms with Crippen LogP contribution in [0.2, 0.25) is 0 Å². The SMILES string of the molecule is CCCOC(=O)c1ccc(NC(=O)Cc2ccccc2C)cc1. The van der Waals surface area contributed by atoms with Crippen LogP contribution in [0.4, 0.5) is 5.69 Å². The Morgan fingerprint density at radius 1 is 1.04 bits per heavy atom. The predicted molar refractivity (Wildman–Crippen MR) is 90.5 cm³/mol. The number of aryl methyl sites for hydroxylation is 1. The van der Waals surface area contributed by atoms with Crippen LogP contribution in [0.25, 0.3) is 0 Å². The molecule has 0 saturated heterocycles. The van der Waals surface area contributed by atoms with Crippen molar-refractivity contribution in [3.63, 3.8) is 0 Å². The number of esters is 1. The number of hydrogen-bond donors (Lipinski definition) is 1. The lowest BCUT2D eigenvalue weighted by Crippen LogP contribution is -2.15. The van der Waals surface area contributed by atoms with E-state index in [9.17, 15) is 9.59 Å². The average Bonchev–Trinajstić information content (AvgIpc) is 2.55. The van der Waals surface area contributed by atoms with Gasteiger partial charge in [0.05, 0.1) is 18.6 Å². The van der Waals surface area contributed by atoms with Crippen LogP contribution in [-0.2, 0) is 16.0 Å². The molecule has 1 amide bonds. The highest BCUT2D eigenvalue weighted by atomic mass is 16.5. The van der Waals surface area contributed by atoms with Crippen molar-refractivity contribution in [2.45, 2.75) is 26.7 Å². The van der Waals surface area contributed by atoms with E-state index in [0.717, 1.165) is 17.5 Å². The van der Waals surface area contributed by atoms with Gasteiger partial charge in [-0.05, 0) is 48.7 Å². The molecule has 0 aliphatic carbocycles. The Morgan fingerprint density at radius 2 is 1.74 bits per heavy atom. The number of ether oxygens (including phenoxy) is 1. The smallest absolute Gasteiger partial charge is 0.338 e. The van der Waals surface area contributed by atoms with Gasteiger partial charge in [-0.1, -0.05) is 31.2 Å². The highest BCUT2D eigenvalue weighted by molar-refractivity contribution is 5.94. The summed E-state index contributed by atoms with van der Waals surface area (Å²) < 4.78 is 5.06. The third-order valence-corrected chi connectivity index (χ3v) is 3.45. The van der Waals surface area contributed by atoms with E-state index in [-0.39, 0.29) is 11.9 Å². The topological polar surface area (TPSA) is 55.4 Å². The van der Waals surface area contributed by atoms with E-state index < -0.39 is 0 Å². The molecule has 120 valence electrons. The first kappa shape index (κ1) is 16.7. The zero-order valence-corrected chi connectivity index (χ0v) is 13.5. The minimum absolute atomic E-state index is 0.0828. The Labute approximate surface area is 136 Å². The van der Waals surface area contributed by atoms with Gasteiger partial charge < -0.3 is 10.1 Å². The van der Waals surface area contributed by atoms with Gasteiger partial charge in [-0.3, -0.25) is 4.79 Å². The average molecular weight is 311 g/mol. The van der Waals surface area contributed by atoms with Crippen molar-refractivity contribution in [2.75, 3.05) is 11.9 Å². The van der Waals surface area contributed by atoms with E-state index in [1.807, 2.05) is 38.1 Å². The van der Waals surface area contributed by atoms with Gasteiger partial charge in [-0.25, -0.2) is 4.79 Å². The molecule has 2 rings (SSSR count). The summed E-state index contributed by atoms with van der Waals surface area (Å²) in [6.45, 7) is 4.34. The van der Waals surface area contributed by atoms with E-state index in [4.69, 9.17) is 4.74 Å². The lowest BCUT2D eigenvalue weighted by atomic mass is 10.1. The molecule has 2 aromatic rings. The maximum Gasteiger partial charge on any atom is 0.338 e. The highest BCUT2D eigenvalue weighted by Gasteiger charge is 2.08. The molecule has 0 radical (unpaired) electrons. The summed E-state index contributed by atoms with van der Waals surface area (Å²) in [6, 6.07) is 14.5. The van der Waals surface area contributed by atoms with E-state index in [1.54, 1.807) is 24.3 Å². The van der Waals surface area contributed by atoms with Crippen LogP contribution in [-0.4, -0.2) is 18.5 Å². The van der Waals surface area contributed by atoms with Gasteiger partial charge >= 0.3 is 5.97 Å². The summed E-state index contributed by atoms with van der Waals surface area (Å²) >= 11 is 0. The number of amides is 1. The number of carbonyl (C=O) groups is 2. The Bertz CT molecular complexity index is 677. The molecule has 0 heterocycles. The van der Waals surface area contributed by atoms with Crippen LogP contribution in [0.3, 0.4) is 0 Å². The van der Waals surface area contributed by atoms with Gasteiger partial charge in [-0.15, -0.1) is 0 Å². The monoisotopic (exact) mass is 311 g/mol. The molecule has 4 heteroatoms. The third kappa shape index (κ3) is 4.95. The molecule has 0 bridgehead atoms. The second-order valence-corrected chi connectivity index (χ2v) is 5.36. The minimum Gasteiger partial charge on any atom is -0.462 e. The van der Waals surface area contributed by atoms with E-state index in [0.29, 0.717) is 24.3 Å². The van der Waals surface area contributed by atoms with E-state index in [1.165, 1.54) is 0 Å². The number of rotatable bonds is 6. The summed E-state index contributed by atoms with van der Waals surface area (Å²) in [6.07, 6.45) is 1.12. The molecule has 2 aromatic carbocycles. The maximum atomic E-state index is 12.1. The lowest BCUT2D eigenvalue weighted by Gasteiger charge is -2.08. The van der Waals surface area contributed by atoms with Gasteiger partial charge in [0.25, 0.3) is 0 Å². The maximum absolute atomic E-state index is 12.1. The fourth-order valence-corrected chi connectivity index (χ4v) is 2.15. The molecule has 0 fully saturated rings. The summed E-state index contributed by atoms with van der Waals surface area (Å²) in [4.78, 5) is 23.8. The largest absolute Gasteiger partial charge is 0.462 e. The summed E-state index contributed by atoms with van der Waals surface area (Å²) in [5.74, 6) is -0.426. The first-order valence-corrected chi connectivity index (χ1v) is 7.71. The molecule has 0 aromatic heterocycles. The van der Waals surface area contributed by atoms with Gasteiger partial charge in [0.15, 0.2) is 0 Å². The second kappa shape index (κ2) is 8.13. The van der Waals surface area contributed by atoms with Crippen molar-refractivity contribution in [3.8, 4) is 0 Å². The molecule has 0 unspecified atom stereocenters. The quantitative estimate of drug-likeness (QED) is 0.827.